The van der Waals surface area contributed by atoms with Gasteiger partial charge in [-0.3, -0.25) is 0 Å². The summed E-state index contributed by atoms with van der Waals surface area (Å²) in [5.41, 5.74) is 0.388. The van der Waals surface area contributed by atoms with Gasteiger partial charge in [0.2, 0.25) is 5.88 Å². The summed E-state index contributed by atoms with van der Waals surface area (Å²) in [5.74, 6) is 0.837. The topological polar surface area (TPSA) is 62.6 Å². The van der Waals surface area contributed by atoms with Crippen molar-refractivity contribution in [1.29, 1.82) is 0 Å². The molecule has 0 aliphatic heterocycles. The molecule has 0 aliphatic carbocycles. The largest absolute Gasteiger partial charge is 0.488 e. The zero-order valence-electron chi connectivity index (χ0n) is 8.34. The van der Waals surface area contributed by atoms with E-state index in [0.29, 0.717) is 23.9 Å². The molecule has 76 valence electrons. The lowest BCUT2D eigenvalue weighted by Crippen LogP contribution is -2.29. The molecule has 1 aromatic rings. The lowest BCUT2D eigenvalue weighted by Gasteiger charge is -2.08. The summed E-state index contributed by atoms with van der Waals surface area (Å²) in [6.45, 7) is 4.63. The summed E-state index contributed by atoms with van der Waals surface area (Å²) in [4.78, 5) is 3.95. The van der Waals surface area contributed by atoms with Crippen LogP contribution in [0.15, 0.2) is 18.3 Å². The monoisotopic (exact) mass is 195 g/mol. The van der Waals surface area contributed by atoms with Crippen LogP contribution < -0.4 is 10.2 Å². The Morgan fingerprint density at radius 1 is 1.50 bits per heavy atom. The Kier molecular flexibility index (Phi) is 3.91. The summed E-state index contributed by atoms with van der Waals surface area (Å²) in [6, 6.07) is 3.06. The SMILES string of the molecule is CC(C)COc1cc(B(O)O)ccn1. The Balaban J connectivity index is 2.64. The first-order chi connectivity index (χ1) is 6.59. The molecule has 1 heterocycles. The quantitative estimate of drug-likeness (QED) is 0.653. The summed E-state index contributed by atoms with van der Waals surface area (Å²) in [5, 5.41) is 17.8. The maximum atomic E-state index is 8.90. The van der Waals surface area contributed by atoms with E-state index in [4.69, 9.17) is 14.8 Å². The van der Waals surface area contributed by atoms with Crippen molar-refractivity contribution < 1.29 is 14.8 Å². The van der Waals surface area contributed by atoms with Crippen LogP contribution in [0.25, 0.3) is 0 Å². The van der Waals surface area contributed by atoms with Gasteiger partial charge in [-0.05, 0) is 17.4 Å². The second kappa shape index (κ2) is 4.98. The van der Waals surface area contributed by atoms with Crippen LogP contribution in [0.2, 0.25) is 0 Å². The molecule has 0 amide bonds. The molecular formula is C9H14BNO3. The van der Waals surface area contributed by atoms with E-state index in [9.17, 15) is 0 Å². The zero-order chi connectivity index (χ0) is 10.6. The molecular weight excluding hydrogens is 181 g/mol. The predicted molar refractivity (Wildman–Crippen MR) is 54.4 cm³/mol. The first-order valence-electron chi connectivity index (χ1n) is 4.54. The van der Waals surface area contributed by atoms with E-state index < -0.39 is 7.12 Å². The second-order valence-corrected chi connectivity index (χ2v) is 3.51. The number of hydrogen-bond acceptors (Lipinski definition) is 4. The van der Waals surface area contributed by atoms with Crippen molar-refractivity contribution in [3.63, 3.8) is 0 Å². The van der Waals surface area contributed by atoms with Gasteiger partial charge in [0.05, 0.1) is 6.61 Å². The van der Waals surface area contributed by atoms with Gasteiger partial charge in [0.25, 0.3) is 0 Å². The minimum atomic E-state index is -1.47. The van der Waals surface area contributed by atoms with Crippen molar-refractivity contribution in [2.24, 2.45) is 5.92 Å². The Labute approximate surface area is 83.7 Å². The molecule has 0 bridgehead atoms. The van der Waals surface area contributed by atoms with Crippen LogP contribution in [-0.2, 0) is 0 Å². The molecule has 0 radical (unpaired) electrons. The van der Waals surface area contributed by atoms with Gasteiger partial charge in [0.15, 0.2) is 0 Å². The molecule has 5 heteroatoms. The normalized spacial score (nSPS) is 10.4. The number of aromatic nitrogens is 1. The van der Waals surface area contributed by atoms with Gasteiger partial charge in [-0.2, -0.15) is 0 Å². The van der Waals surface area contributed by atoms with Crippen molar-refractivity contribution >= 4 is 12.6 Å². The van der Waals surface area contributed by atoms with Crippen LogP contribution in [0.1, 0.15) is 13.8 Å². The highest BCUT2D eigenvalue weighted by atomic mass is 16.5. The van der Waals surface area contributed by atoms with Crippen LogP contribution >= 0.6 is 0 Å². The van der Waals surface area contributed by atoms with E-state index in [1.807, 2.05) is 13.8 Å². The fraction of sp³-hybridized carbons (Fsp3) is 0.444. The number of ether oxygens (including phenoxy) is 1. The standard InChI is InChI=1S/C9H14BNO3/c1-7(2)6-14-9-5-8(10(12)13)3-4-11-9/h3-5,7,12-13H,6H2,1-2H3. The van der Waals surface area contributed by atoms with Crippen LogP contribution in [-0.4, -0.2) is 28.8 Å². The maximum absolute atomic E-state index is 8.90. The van der Waals surface area contributed by atoms with Crippen molar-refractivity contribution in [3.05, 3.63) is 18.3 Å². The molecule has 1 aromatic heterocycles. The zero-order valence-corrected chi connectivity index (χ0v) is 8.34. The van der Waals surface area contributed by atoms with Crippen LogP contribution in [0.5, 0.6) is 5.88 Å². The molecule has 0 aliphatic rings. The molecule has 0 saturated heterocycles. The molecule has 0 spiro atoms. The van der Waals surface area contributed by atoms with Crippen LogP contribution in [0.4, 0.5) is 0 Å². The Bertz CT molecular complexity index is 291. The third-order valence-corrected chi connectivity index (χ3v) is 1.62. The lowest BCUT2D eigenvalue weighted by molar-refractivity contribution is 0.261. The van der Waals surface area contributed by atoms with Crippen LogP contribution in [0.3, 0.4) is 0 Å². The summed E-state index contributed by atoms with van der Waals surface area (Å²) in [6.07, 6.45) is 1.49. The van der Waals surface area contributed by atoms with E-state index in [-0.39, 0.29) is 0 Å². The molecule has 1 rings (SSSR count). The molecule has 0 aromatic carbocycles. The summed E-state index contributed by atoms with van der Waals surface area (Å²) >= 11 is 0. The van der Waals surface area contributed by atoms with E-state index in [1.165, 1.54) is 18.3 Å². The number of nitrogens with zero attached hydrogens (tertiary/aromatic N) is 1. The summed E-state index contributed by atoms with van der Waals surface area (Å²) in [7, 11) is -1.47. The van der Waals surface area contributed by atoms with E-state index in [1.54, 1.807) is 0 Å². The Morgan fingerprint density at radius 3 is 2.79 bits per heavy atom. The van der Waals surface area contributed by atoms with Crippen molar-refractivity contribution in [3.8, 4) is 5.88 Å². The first-order valence-corrected chi connectivity index (χ1v) is 4.54. The second-order valence-electron chi connectivity index (χ2n) is 3.51. The van der Waals surface area contributed by atoms with E-state index >= 15 is 0 Å². The van der Waals surface area contributed by atoms with Gasteiger partial charge in [-0.1, -0.05) is 13.8 Å². The van der Waals surface area contributed by atoms with Gasteiger partial charge in [-0.25, -0.2) is 4.98 Å². The van der Waals surface area contributed by atoms with Crippen LogP contribution in [0, 0.1) is 5.92 Å². The minimum absolute atomic E-state index is 0.388. The molecule has 0 fully saturated rings. The lowest BCUT2D eigenvalue weighted by atomic mass is 9.81. The number of pyridine rings is 1. The Hall–Kier alpha value is -1.07. The molecule has 0 saturated carbocycles. The molecule has 0 unspecified atom stereocenters. The summed E-state index contributed by atoms with van der Waals surface area (Å²) < 4.78 is 5.32. The smallest absolute Gasteiger partial charge is 0.477 e. The average molecular weight is 195 g/mol. The van der Waals surface area contributed by atoms with E-state index in [2.05, 4.69) is 4.98 Å². The van der Waals surface area contributed by atoms with Gasteiger partial charge >= 0.3 is 7.12 Å². The third-order valence-electron chi connectivity index (χ3n) is 1.62. The third kappa shape index (κ3) is 3.36. The fourth-order valence-electron chi connectivity index (χ4n) is 0.916. The molecule has 14 heavy (non-hydrogen) atoms. The van der Waals surface area contributed by atoms with E-state index in [0.717, 1.165) is 0 Å². The number of rotatable bonds is 4. The highest BCUT2D eigenvalue weighted by Gasteiger charge is 2.11. The van der Waals surface area contributed by atoms with Gasteiger partial charge in [-0.15, -0.1) is 0 Å². The minimum Gasteiger partial charge on any atom is -0.477 e. The average Bonchev–Trinajstić information content (AvgIpc) is 2.15. The van der Waals surface area contributed by atoms with Crippen molar-refractivity contribution in [1.82, 2.24) is 4.98 Å². The van der Waals surface area contributed by atoms with Gasteiger partial charge in [0.1, 0.15) is 0 Å². The highest BCUT2D eigenvalue weighted by molar-refractivity contribution is 6.58. The highest BCUT2D eigenvalue weighted by Crippen LogP contribution is 2.04. The predicted octanol–water partition coefficient (Wildman–Crippen LogP) is -0.204. The van der Waals surface area contributed by atoms with Crippen molar-refractivity contribution in [2.45, 2.75) is 13.8 Å². The molecule has 4 nitrogen and oxygen atoms in total. The molecule has 2 N–H and O–H groups in total. The Morgan fingerprint density at radius 2 is 2.21 bits per heavy atom. The van der Waals surface area contributed by atoms with Gasteiger partial charge in [0, 0.05) is 12.3 Å². The fourth-order valence-corrected chi connectivity index (χ4v) is 0.916. The first kappa shape index (κ1) is 11.0. The van der Waals surface area contributed by atoms with Gasteiger partial charge < -0.3 is 14.8 Å². The number of hydrogen-bond donors (Lipinski definition) is 2. The maximum Gasteiger partial charge on any atom is 0.488 e. The van der Waals surface area contributed by atoms with Crippen molar-refractivity contribution in [2.75, 3.05) is 6.61 Å². The molecule has 0 atom stereocenters.